The van der Waals surface area contributed by atoms with Gasteiger partial charge in [0, 0.05) is 5.38 Å². The molecule has 82 valence electrons. The Hall–Kier alpha value is -1.63. The van der Waals surface area contributed by atoms with E-state index in [9.17, 15) is 9.59 Å². The molecule has 15 heavy (non-hydrogen) atoms. The molecule has 0 saturated heterocycles. The van der Waals surface area contributed by atoms with E-state index in [1.54, 1.807) is 6.92 Å². The van der Waals surface area contributed by atoms with Crippen LogP contribution in [-0.4, -0.2) is 30.0 Å². The molecule has 6 nitrogen and oxygen atoms in total. The predicted molar refractivity (Wildman–Crippen MR) is 55.5 cm³/mol. The first-order chi connectivity index (χ1) is 7.13. The predicted octanol–water partition coefficient (Wildman–Crippen LogP) is 0.0182. The van der Waals surface area contributed by atoms with Crippen LogP contribution in [0.4, 0.5) is 5.13 Å². The fourth-order valence-electron chi connectivity index (χ4n) is 0.847. The second kappa shape index (κ2) is 5.30. The summed E-state index contributed by atoms with van der Waals surface area (Å²) in [6, 6.07) is 0. The van der Waals surface area contributed by atoms with Gasteiger partial charge in [0.25, 0.3) is 5.91 Å². The van der Waals surface area contributed by atoms with Crippen LogP contribution in [-0.2, 0) is 9.53 Å². The third kappa shape index (κ3) is 3.55. The van der Waals surface area contributed by atoms with E-state index in [-0.39, 0.29) is 12.2 Å². The Morgan fingerprint density at radius 3 is 2.93 bits per heavy atom. The Bertz CT molecular complexity index is 364. The lowest BCUT2D eigenvalue weighted by atomic mass is 10.4. The summed E-state index contributed by atoms with van der Waals surface area (Å²) in [5, 5.41) is 4.21. The normalized spacial score (nSPS) is 9.67. The summed E-state index contributed by atoms with van der Waals surface area (Å²) < 4.78 is 4.64. The average molecular weight is 229 g/mol. The van der Waals surface area contributed by atoms with Gasteiger partial charge in [-0.1, -0.05) is 0 Å². The Morgan fingerprint density at radius 1 is 1.67 bits per heavy atom. The van der Waals surface area contributed by atoms with E-state index in [2.05, 4.69) is 15.0 Å². The molecular weight excluding hydrogens is 218 g/mol. The molecule has 0 atom stereocenters. The highest BCUT2D eigenvalue weighted by Gasteiger charge is 2.11. The number of nitrogen functional groups attached to an aromatic ring is 1. The molecule has 7 heteroatoms. The van der Waals surface area contributed by atoms with Crippen LogP contribution in [0.2, 0.25) is 0 Å². The molecule has 3 N–H and O–H groups in total. The minimum absolute atomic E-state index is 0.163. The number of nitrogens with one attached hydrogen (secondary N) is 1. The van der Waals surface area contributed by atoms with Gasteiger partial charge < -0.3 is 15.8 Å². The first-order valence-electron chi connectivity index (χ1n) is 4.28. The zero-order valence-corrected chi connectivity index (χ0v) is 8.97. The largest absolute Gasteiger partial charge is 0.465 e. The number of anilines is 1. The smallest absolute Gasteiger partial charge is 0.325 e. The van der Waals surface area contributed by atoms with E-state index in [0.29, 0.717) is 11.7 Å². The van der Waals surface area contributed by atoms with Crippen molar-refractivity contribution < 1.29 is 14.3 Å². The van der Waals surface area contributed by atoms with Gasteiger partial charge in [-0.05, 0) is 6.92 Å². The molecule has 0 aliphatic rings. The molecule has 1 amide bonds. The van der Waals surface area contributed by atoms with Crippen LogP contribution >= 0.6 is 11.3 Å². The van der Waals surface area contributed by atoms with Crippen LogP contribution in [0, 0.1) is 0 Å². The number of nitrogens with two attached hydrogens (primary N) is 1. The Labute approximate surface area is 90.4 Å². The standard InChI is InChI=1S/C8H11N3O3S/c1-2-14-6(12)3-10-7(13)5-4-15-8(9)11-5/h4H,2-3H2,1H3,(H2,9,11)(H,10,13). The second-order valence-corrected chi connectivity index (χ2v) is 3.45. The van der Waals surface area contributed by atoms with E-state index in [1.807, 2.05) is 0 Å². The summed E-state index contributed by atoms with van der Waals surface area (Å²) in [5.41, 5.74) is 5.57. The maximum absolute atomic E-state index is 11.3. The van der Waals surface area contributed by atoms with Gasteiger partial charge in [0.05, 0.1) is 6.61 Å². The summed E-state index contributed by atoms with van der Waals surface area (Å²) in [4.78, 5) is 26.0. The molecule has 0 fully saturated rings. The zero-order valence-electron chi connectivity index (χ0n) is 8.15. The number of carbonyl (C=O) groups is 2. The van der Waals surface area contributed by atoms with Gasteiger partial charge in [0.15, 0.2) is 5.13 Å². The Morgan fingerprint density at radius 2 is 2.40 bits per heavy atom. The van der Waals surface area contributed by atoms with Crippen molar-refractivity contribution in [1.29, 1.82) is 0 Å². The van der Waals surface area contributed by atoms with Crippen molar-refractivity contribution in [3.63, 3.8) is 0 Å². The molecule has 1 aromatic rings. The summed E-state index contributed by atoms with van der Waals surface area (Å²) in [7, 11) is 0. The van der Waals surface area contributed by atoms with Gasteiger partial charge in [0.2, 0.25) is 0 Å². The molecule has 0 bridgehead atoms. The fourth-order valence-corrected chi connectivity index (χ4v) is 1.39. The van der Waals surface area contributed by atoms with Crippen LogP contribution in [0.15, 0.2) is 5.38 Å². The summed E-state index contributed by atoms with van der Waals surface area (Å²) in [6.07, 6.45) is 0. The van der Waals surface area contributed by atoms with Crippen molar-refractivity contribution >= 4 is 28.3 Å². The van der Waals surface area contributed by atoms with Gasteiger partial charge in [-0.15, -0.1) is 11.3 Å². The van der Waals surface area contributed by atoms with Crippen LogP contribution in [0.5, 0.6) is 0 Å². The number of amides is 1. The molecule has 0 spiro atoms. The van der Waals surface area contributed by atoms with E-state index in [0.717, 1.165) is 0 Å². The van der Waals surface area contributed by atoms with Crippen molar-refractivity contribution in [3.8, 4) is 0 Å². The fraction of sp³-hybridized carbons (Fsp3) is 0.375. The number of rotatable bonds is 4. The Balaban J connectivity index is 2.40. The molecular formula is C8H11N3O3S. The minimum atomic E-state index is -0.478. The number of nitrogens with zero attached hydrogens (tertiary/aromatic N) is 1. The molecule has 0 saturated carbocycles. The van der Waals surface area contributed by atoms with Crippen LogP contribution < -0.4 is 11.1 Å². The minimum Gasteiger partial charge on any atom is -0.465 e. The number of esters is 1. The lowest BCUT2D eigenvalue weighted by Gasteiger charge is -2.02. The van der Waals surface area contributed by atoms with Crippen LogP contribution in [0.25, 0.3) is 0 Å². The second-order valence-electron chi connectivity index (χ2n) is 2.56. The van der Waals surface area contributed by atoms with Crippen molar-refractivity contribution in [2.24, 2.45) is 0 Å². The van der Waals surface area contributed by atoms with Crippen LogP contribution in [0.3, 0.4) is 0 Å². The number of hydrogen-bond acceptors (Lipinski definition) is 6. The van der Waals surface area contributed by atoms with Gasteiger partial charge >= 0.3 is 5.97 Å². The van der Waals surface area contributed by atoms with Gasteiger partial charge in [-0.2, -0.15) is 0 Å². The first-order valence-corrected chi connectivity index (χ1v) is 5.16. The first kappa shape index (κ1) is 11.4. The molecule has 0 unspecified atom stereocenters. The van der Waals surface area contributed by atoms with Gasteiger partial charge in [-0.25, -0.2) is 4.98 Å². The highest BCUT2D eigenvalue weighted by molar-refractivity contribution is 7.13. The molecule has 0 aromatic carbocycles. The van der Waals surface area contributed by atoms with Crippen molar-refractivity contribution in [3.05, 3.63) is 11.1 Å². The molecule has 0 aliphatic heterocycles. The summed E-state index contributed by atoms with van der Waals surface area (Å²) in [6.45, 7) is 1.82. The van der Waals surface area contributed by atoms with E-state index < -0.39 is 11.9 Å². The van der Waals surface area contributed by atoms with Gasteiger partial charge in [0.1, 0.15) is 12.2 Å². The van der Waals surface area contributed by atoms with E-state index in [4.69, 9.17) is 5.73 Å². The average Bonchev–Trinajstić information content (AvgIpc) is 2.62. The molecule has 1 heterocycles. The maximum Gasteiger partial charge on any atom is 0.325 e. The summed E-state index contributed by atoms with van der Waals surface area (Å²) in [5.74, 6) is -0.912. The lowest BCUT2D eigenvalue weighted by molar-refractivity contribution is -0.141. The monoisotopic (exact) mass is 229 g/mol. The quantitative estimate of drug-likeness (QED) is 0.710. The lowest BCUT2D eigenvalue weighted by Crippen LogP contribution is -2.30. The molecule has 0 radical (unpaired) electrons. The number of aromatic nitrogens is 1. The molecule has 0 aliphatic carbocycles. The highest BCUT2D eigenvalue weighted by Crippen LogP contribution is 2.10. The van der Waals surface area contributed by atoms with Crippen molar-refractivity contribution in [1.82, 2.24) is 10.3 Å². The molecule has 1 aromatic heterocycles. The zero-order chi connectivity index (χ0) is 11.3. The summed E-state index contributed by atoms with van der Waals surface area (Å²) >= 11 is 1.17. The topological polar surface area (TPSA) is 94.3 Å². The number of hydrogen-bond donors (Lipinski definition) is 2. The number of ether oxygens (including phenoxy) is 1. The SMILES string of the molecule is CCOC(=O)CNC(=O)c1csc(N)n1. The molecule has 1 rings (SSSR count). The highest BCUT2D eigenvalue weighted by atomic mass is 32.1. The Kier molecular flexibility index (Phi) is 4.04. The third-order valence-corrected chi connectivity index (χ3v) is 2.13. The third-order valence-electron chi connectivity index (χ3n) is 1.45. The van der Waals surface area contributed by atoms with Crippen LogP contribution in [0.1, 0.15) is 17.4 Å². The van der Waals surface area contributed by atoms with E-state index in [1.165, 1.54) is 16.7 Å². The van der Waals surface area contributed by atoms with Crippen molar-refractivity contribution in [2.45, 2.75) is 6.92 Å². The van der Waals surface area contributed by atoms with Crippen molar-refractivity contribution in [2.75, 3.05) is 18.9 Å². The maximum atomic E-state index is 11.3. The number of carbonyl (C=O) groups excluding carboxylic acids is 2. The number of thiazole rings is 1. The van der Waals surface area contributed by atoms with Gasteiger partial charge in [-0.3, -0.25) is 9.59 Å². The van der Waals surface area contributed by atoms with E-state index >= 15 is 0 Å².